The maximum atomic E-state index is 9.48. The van der Waals surface area contributed by atoms with Gasteiger partial charge in [0.25, 0.3) is 0 Å². The first-order valence-corrected chi connectivity index (χ1v) is 7.99. The average molecular weight is 263 g/mol. The van der Waals surface area contributed by atoms with Gasteiger partial charge in [0.05, 0.1) is 6.07 Å². The Morgan fingerprint density at radius 2 is 2.16 bits per heavy atom. The van der Waals surface area contributed by atoms with Crippen LogP contribution in [0.25, 0.3) is 0 Å². The molecule has 1 aliphatic carbocycles. The Morgan fingerprint density at radius 3 is 2.74 bits per heavy atom. The van der Waals surface area contributed by atoms with Gasteiger partial charge in [-0.1, -0.05) is 13.3 Å². The third-order valence-corrected chi connectivity index (χ3v) is 4.80. The minimum Gasteiger partial charge on any atom is -0.300 e. The third-order valence-electron chi connectivity index (χ3n) is 4.80. The van der Waals surface area contributed by atoms with Crippen LogP contribution in [0, 0.1) is 17.2 Å². The Kier molecular flexibility index (Phi) is 4.86. The SMILES string of the molecule is CCC1CCCN(C(C)CC(C)(C#N)NC2CC2)C1. The molecule has 1 heterocycles. The van der Waals surface area contributed by atoms with Gasteiger partial charge >= 0.3 is 0 Å². The number of hydrogen-bond donors (Lipinski definition) is 1. The second kappa shape index (κ2) is 6.24. The van der Waals surface area contributed by atoms with E-state index in [1.54, 1.807) is 0 Å². The lowest BCUT2D eigenvalue weighted by molar-refractivity contribution is 0.112. The predicted molar refractivity (Wildman–Crippen MR) is 78.8 cm³/mol. The van der Waals surface area contributed by atoms with E-state index >= 15 is 0 Å². The molecule has 0 aromatic carbocycles. The van der Waals surface area contributed by atoms with Crippen LogP contribution >= 0.6 is 0 Å². The van der Waals surface area contributed by atoms with E-state index in [1.807, 2.05) is 0 Å². The Morgan fingerprint density at radius 1 is 1.42 bits per heavy atom. The molecule has 0 aromatic heterocycles. The highest BCUT2D eigenvalue weighted by Gasteiger charge is 2.35. The van der Waals surface area contributed by atoms with Crippen molar-refractivity contribution in [2.75, 3.05) is 13.1 Å². The standard InChI is InChI=1S/C16H29N3/c1-4-14-6-5-9-19(11-14)13(2)10-16(3,12-17)18-15-7-8-15/h13-15,18H,4-11H2,1-3H3. The van der Waals surface area contributed by atoms with E-state index in [-0.39, 0.29) is 5.54 Å². The molecule has 1 saturated carbocycles. The highest BCUT2D eigenvalue weighted by molar-refractivity contribution is 5.08. The molecule has 3 heteroatoms. The Hall–Kier alpha value is -0.590. The summed E-state index contributed by atoms with van der Waals surface area (Å²) in [7, 11) is 0. The first-order valence-electron chi connectivity index (χ1n) is 7.99. The quantitative estimate of drug-likeness (QED) is 0.801. The monoisotopic (exact) mass is 263 g/mol. The molecule has 1 N–H and O–H groups in total. The van der Waals surface area contributed by atoms with Gasteiger partial charge in [-0.05, 0) is 58.4 Å². The van der Waals surface area contributed by atoms with Crippen LogP contribution in [0.5, 0.6) is 0 Å². The predicted octanol–water partition coefficient (Wildman–Crippen LogP) is 2.92. The van der Waals surface area contributed by atoms with Crippen LogP contribution in [0.15, 0.2) is 0 Å². The molecule has 0 amide bonds. The van der Waals surface area contributed by atoms with Crippen LogP contribution in [0.1, 0.15) is 59.3 Å². The lowest BCUT2D eigenvalue weighted by Gasteiger charge is -2.39. The summed E-state index contributed by atoms with van der Waals surface area (Å²) < 4.78 is 0. The van der Waals surface area contributed by atoms with Gasteiger partial charge in [-0.3, -0.25) is 5.32 Å². The maximum absolute atomic E-state index is 9.48. The van der Waals surface area contributed by atoms with Gasteiger partial charge in [0, 0.05) is 18.6 Å². The zero-order chi connectivity index (χ0) is 13.9. The molecule has 0 aromatic rings. The van der Waals surface area contributed by atoms with Gasteiger partial charge < -0.3 is 4.90 Å². The summed E-state index contributed by atoms with van der Waals surface area (Å²) >= 11 is 0. The molecule has 1 aliphatic heterocycles. The largest absolute Gasteiger partial charge is 0.300 e. The molecule has 2 aliphatic rings. The molecule has 3 unspecified atom stereocenters. The van der Waals surface area contributed by atoms with Crippen molar-refractivity contribution in [3.8, 4) is 6.07 Å². The lowest BCUT2D eigenvalue weighted by Crippen LogP contribution is -2.50. The first kappa shape index (κ1) is 14.8. The summed E-state index contributed by atoms with van der Waals surface area (Å²) in [5.41, 5.74) is -0.347. The highest BCUT2D eigenvalue weighted by Crippen LogP contribution is 2.27. The second-order valence-corrected chi connectivity index (χ2v) is 6.83. The molecule has 108 valence electrons. The molecule has 2 rings (SSSR count). The van der Waals surface area contributed by atoms with Gasteiger partial charge in [-0.15, -0.1) is 0 Å². The smallest absolute Gasteiger partial charge is 0.105 e. The Bertz CT molecular complexity index is 331. The summed E-state index contributed by atoms with van der Waals surface area (Å²) in [5, 5.41) is 13.0. The van der Waals surface area contributed by atoms with Gasteiger partial charge in [0.1, 0.15) is 5.54 Å². The molecular weight excluding hydrogens is 234 g/mol. The number of likely N-dealkylation sites (tertiary alicyclic amines) is 1. The topological polar surface area (TPSA) is 39.1 Å². The van der Waals surface area contributed by atoms with Gasteiger partial charge in [-0.25, -0.2) is 0 Å². The third kappa shape index (κ3) is 4.19. The van der Waals surface area contributed by atoms with Gasteiger partial charge in [0.2, 0.25) is 0 Å². The van der Waals surface area contributed by atoms with E-state index < -0.39 is 0 Å². The summed E-state index contributed by atoms with van der Waals surface area (Å²) in [5.74, 6) is 0.862. The fourth-order valence-corrected chi connectivity index (χ4v) is 3.37. The van der Waals surface area contributed by atoms with Crippen molar-refractivity contribution in [3.05, 3.63) is 0 Å². The molecule has 1 saturated heterocycles. The lowest BCUT2D eigenvalue weighted by atomic mass is 9.90. The van der Waals surface area contributed by atoms with E-state index in [1.165, 1.54) is 45.2 Å². The van der Waals surface area contributed by atoms with E-state index in [2.05, 4.69) is 37.1 Å². The van der Waals surface area contributed by atoms with Crippen molar-refractivity contribution in [1.29, 1.82) is 5.26 Å². The van der Waals surface area contributed by atoms with E-state index in [9.17, 15) is 5.26 Å². The zero-order valence-corrected chi connectivity index (χ0v) is 12.8. The van der Waals surface area contributed by atoms with Crippen molar-refractivity contribution in [1.82, 2.24) is 10.2 Å². The van der Waals surface area contributed by atoms with Crippen molar-refractivity contribution in [2.24, 2.45) is 5.92 Å². The number of rotatable bonds is 6. The van der Waals surface area contributed by atoms with Crippen LogP contribution in [0.2, 0.25) is 0 Å². The zero-order valence-electron chi connectivity index (χ0n) is 12.8. The molecule has 2 fully saturated rings. The molecular formula is C16H29N3. The highest BCUT2D eigenvalue weighted by atomic mass is 15.2. The Balaban J connectivity index is 1.87. The molecule has 3 atom stereocenters. The number of nitriles is 1. The fourth-order valence-electron chi connectivity index (χ4n) is 3.37. The summed E-state index contributed by atoms with van der Waals surface area (Å²) in [4.78, 5) is 2.60. The summed E-state index contributed by atoms with van der Waals surface area (Å²) in [6.07, 6.45) is 7.42. The van der Waals surface area contributed by atoms with Crippen molar-refractivity contribution >= 4 is 0 Å². The summed E-state index contributed by atoms with van der Waals surface area (Å²) in [6.45, 7) is 9.10. The maximum Gasteiger partial charge on any atom is 0.105 e. The van der Waals surface area contributed by atoms with E-state index in [0.29, 0.717) is 12.1 Å². The molecule has 0 bridgehead atoms. The van der Waals surface area contributed by atoms with Crippen molar-refractivity contribution in [2.45, 2.75) is 76.9 Å². The number of nitrogens with one attached hydrogen (secondary N) is 1. The average Bonchev–Trinajstić information content (AvgIpc) is 3.22. The minimum atomic E-state index is -0.347. The minimum absolute atomic E-state index is 0.347. The number of hydrogen-bond acceptors (Lipinski definition) is 3. The van der Waals surface area contributed by atoms with Crippen LogP contribution in [0.4, 0.5) is 0 Å². The van der Waals surface area contributed by atoms with Crippen molar-refractivity contribution < 1.29 is 0 Å². The molecule has 0 radical (unpaired) electrons. The molecule has 0 spiro atoms. The van der Waals surface area contributed by atoms with Gasteiger partial charge in [0.15, 0.2) is 0 Å². The van der Waals surface area contributed by atoms with Gasteiger partial charge in [-0.2, -0.15) is 5.26 Å². The first-order chi connectivity index (χ1) is 9.06. The second-order valence-electron chi connectivity index (χ2n) is 6.83. The van der Waals surface area contributed by atoms with Crippen LogP contribution < -0.4 is 5.32 Å². The fraction of sp³-hybridized carbons (Fsp3) is 0.938. The normalized spacial score (nSPS) is 29.5. The number of nitrogens with zero attached hydrogens (tertiary/aromatic N) is 2. The van der Waals surface area contributed by atoms with Crippen molar-refractivity contribution in [3.63, 3.8) is 0 Å². The number of piperidine rings is 1. The Labute approximate surface area is 118 Å². The molecule has 3 nitrogen and oxygen atoms in total. The van der Waals surface area contributed by atoms with Crippen LogP contribution in [0.3, 0.4) is 0 Å². The van der Waals surface area contributed by atoms with E-state index in [4.69, 9.17) is 0 Å². The summed E-state index contributed by atoms with van der Waals surface area (Å²) in [6, 6.07) is 3.61. The van der Waals surface area contributed by atoms with Crippen LogP contribution in [-0.2, 0) is 0 Å². The van der Waals surface area contributed by atoms with Crippen LogP contribution in [-0.4, -0.2) is 35.6 Å². The van der Waals surface area contributed by atoms with E-state index in [0.717, 1.165) is 12.3 Å². The molecule has 19 heavy (non-hydrogen) atoms.